The molecule has 0 fully saturated rings. The highest BCUT2D eigenvalue weighted by molar-refractivity contribution is 9.10. The summed E-state index contributed by atoms with van der Waals surface area (Å²) in [6, 6.07) is 10.9. The summed E-state index contributed by atoms with van der Waals surface area (Å²) in [4.78, 5) is 3.76. The highest BCUT2D eigenvalue weighted by Crippen LogP contribution is 2.25. The van der Waals surface area contributed by atoms with Crippen molar-refractivity contribution in [2.75, 3.05) is 18.5 Å². The first-order valence-electron chi connectivity index (χ1n) is 6.84. The van der Waals surface area contributed by atoms with Crippen LogP contribution in [0, 0.1) is 0 Å². The number of nitrogens with zero attached hydrogens (tertiary/aromatic N) is 1. The van der Waals surface area contributed by atoms with E-state index in [4.69, 9.17) is 5.73 Å². The van der Waals surface area contributed by atoms with E-state index in [9.17, 15) is 0 Å². The Labute approximate surface area is 133 Å². The Balaban J connectivity index is 2.09. The van der Waals surface area contributed by atoms with Crippen molar-refractivity contribution < 1.29 is 0 Å². The van der Waals surface area contributed by atoms with Crippen molar-refractivity contribution in [1.29, 1.82) is 0 Å². The van der Waals surface area contributed by atoms with Crippen LogP contribution in [-0.2, 0) is 12.8 Å². The Hall–Kier alpha value is -0.840. The van der Waals surface area contributed by atoms with Crippen molar-refractivity contribution in [3.8, 4) is 0 Å². The molecule has 0 spiro atoms. The molecule has 0 aliphatic carbocycles. The van der Waals surface area contributed by atoms with Gasteiger partial charge in [0.2, 0.25) is 0 Å². The summed E-state index contributed by atoms with van der Waals surface area (Å²) >= 11 is 5.37. The second-order valence-electron chi connectivity index (χ2n) is 5.21. The van der Waals surface area contributed by atoms with Gasteiger partial charge in [-0.15, -0.1) is 11.3 Å². The zero-order valence-corrected chi connectivity index (χ0v) is 14.4. The van der Waals surface area contributed by atoms with Crippen LogP contribution < -0.4 is 10.6 Å². The van der Waals surface area contributed by atoms with Crippen molar-refractivity contribution >= 4 is 33.0 Å². The van der Waals surface area contributed by atoms with E-state index < -0.39 is 0 Å². The molecule has 1 unspecified atom stereocenters. The van der Waals surface area contributed by atoms with Crippen molar-refractivity contribution in [2.45, 2.75) is 25.8 Å². The molecule has 1 aromatic carbocycles. The van der Waals surface area contributed by atoms with Crippen molar-refractivity contribution in [1.82, 2.24) is 0 Å². The van der Waals surface area contributed by atoms with E-state index in [0.29, 0.717) is 0 Å². The first kappa shape index (κ1) is 15.5. The fourth-order valence-electron chi connectivity index (χ4n) is 2.29. The molecule has 1 aromatic heterocycles. The Morgan fingerprint density at radius 1 is 1.35 bits per heavy atom. The smallest absolute Gasteiger partial charge is 0.0397 e. The number of thiophene rings is 1. The minimum atomic E-state index is 0.175. The number of halogens is 1. The summed E-state index contributed by atoms with van der Waals surface area (Å²) in [6.45, 7) is 3.07. The van der Waals surface area contributed by atoms with Crippen LogP contribution in [0.5, 0.6) is 0 Å². The molecule has 1 atom stereocenters. The maximum Gasteiger partial charge on any atom is 0.0397 e. The fourth-order valence-corrected chi connectivity index (χ4v) is 3.40. The third kappa shape index (κ3) is 4.33. The number of rotatable bonds is 6. The normalized spacial score (nSPS) is 12.4. The summed E-state index contributed by atoms with van der Waals surface area (Å²) in [6.07, 6.45) is 1.99. The van der Waals surface area contributed by atoms with E-state index in [1.165, 1.54) is 16.1 Å². The van der Waals surface area contributed by atoms with Crippen molar-refractivity contribution in [3.05, 3.63) is 50.6 Å². The van der Waals surface area contributed by atoms with Gasteiger partial charge in [-0.25, -0.2) is 0 Å². The molecule has 0 saturated heterocycles. The van der Waals surface area contributed by atoms with Crippen LogP contribution in [0.4, 0.5) is 5.69 Å². The lowest BCUT2D eigenvalue weighted by Crippen LogP contribution is -2.24. The number of nitrogens with two attached hydrogens (primary N) is 1. The van der Waals surface area contributed by atoms with E-state index in [1.807, 2.05) is 11.3 Å². The minimum Gasteiger partial charge on any atom is -0.374 e. The standard InChI is InChI=1S/C16H21BrN2S/c1-12(18)10-13-11-14(17)5-6-16(13)19(2)8-7-15-4-3-9-20-15/h3-6,9,11-12H,7-8,10,18H2,1-2H3. The largest absolute Gasteiger partial charge is 0.374 e. The zero-order chi connectivity index (χ0) is 14.5. The Kier molecular flexibility index (Phi) is 5.64. The molecule has 20 heavy (non-hydrogen) atoms. The van der Waals surface area contributed by atoms with E-state index in [0.717, 1.165) is 23.9 Å². The van der Waals surface area contributed by atoms with Crippen LogP contribution >= 0.6 is 27.3 Å². The number of benzene rings is 1. The fraction of sp³-hybridized carbons (Fsp3) is 0.375. The molecule has 1 heterocycles. The van der Waals surface area contributed by atoms with Crippen LogP contribution in [0.1, 0.15) is 17.4 Å². The van der Waals surface area contributed by atoms with E-state index in [2.05, 4.69) is 70.5 Å². The van der Waals surface area contributed by atoms with Gasteiger partial charge in [-0.05, 0) is 55.0 Å². The molecule has 0 aliphatic rings. The number of likely N-dealkylation sites (N-methyl/N-ethyl adjacent to an activating group) is 1. The van der Waals surface area contributed by atoms with Gasteiger partial charge in [0.15, 0.2) is 0 Å². The second-order valence-corrected chi connectivity index (χ2v) is 7.15. The van der Waals surface area contributed by atoms with Gasteiger partial charge in [-0.1, -0.05) is 22.0 Å². The average molecular weight is 353 g/mol. The van der Waals surface area contributed by atoms with Gasteiger partial charge in [-0.3, -0.25) is 0 Å². The minimum absolute atomic E-state index is 0.175. The SMILES string of the molecule is CC(N)Cc1cc(Br)ccc1N(C)CCc1cccs1. The van der Waals surface area contributed by atoms with Gasteiger partial charge in [0, 0.05) is 34.7 Å². The van der Waals surface area contributed by atoms with E-state index >= 15 is 0 Å². The summed E-state index contributed by atoms with van der Waals surface area (Å²) in [5.41, 5.74) is 8.55. The summed E-state index contributed by atoms with van der Waals surface area (Å²) in [5, 5.41) is 2.14. The molecule has 4 heteroatoms. The molecule has 2 aromatic rings. The first-order chi connectivity index (χ1) is 9.56. The van der Waals surface area contributed by atoms with Gasteiger partial charge in [0.1, 0.15) is 0 Å². The van der Waals surface area contributed by atoms with Gasteiger partial charge >= 0.3 is 0 Å². The van der Waals surface area contributed by atoms with Crippen molar-refractivity contribution in [3.63, 3.8) is 0 Å². The topological polar surface area (TPSA) is 29.3 Å². The lowest BCUT2D eigenvalue weighted by Gasteiger charge is -2.23. The molecule has 108 valence electrons. The lowest BCUT2D eigenvalue weighted by atomic mass is 10.0. The van der Waals surface area contributed by atoms with Gasteiger partial charge in [-0.2, -0.15) is 0 Å². The van der Waals surface area contributed by atoms with Crippen LogP contribution in [0.3, 0.4) is 0 Å². The van der Waals surface area contributed by atoms with Gasteiger partial charge < -0.3 is 10.6 Å². The first-order valence-corrected chi connectivity index (χ1v) is 8.51. The zero-order valence-electron chi connectivity index (χ0n) is 12.0. The Bertz CT molecular complexity index is 537. The molecule has 0 amide bonds. The molecular formula is C16H21BrN2S. The highest BCUT2D eigenvalue weighted by Gasteiger charge is 2.10. The summed E-state index contributed by atoms with van der Waals surface area (Å²) in [7, 11) is 2.15. The van der Waals surface area contributed by atoms with E-state index in [1.54, 1.807) is 0 Å². The lowest BCUT2D eigenvalue weighted by molar-refractivity contribution is 0.733. The molecule has 0 bridgehead atoms. The number of hydrogen-bond donors (Lipinski definition) is 1. The molecule has 2 rings (SSSR count). The monoisotopic (exact) mass is 352 g/mol. The Morgan fingerprint density at radius 2 is 2.15 bits per heavy atom. The van der Waals surface area contributed by atoms with Crippen LogP contribution in [0.15, 0.2) is 40.2 Å². The van der Waals surface area contributed by atoms with Crippen LogP contribution in [-0.4, -0.2) is 19.6 Å². The van der Waals surface area contributed by atoms with Crippen LogP contribution in [0.2, 0.25) is 0 Å². The van der Waals surface area contributed by atoms with Gasteiger partial charge in [0.25, 0.3) is 0 Å². The second kappa shape index (κ2) is 7.25. The maximum atomic E-state index is 5.96. The molecular weight excluding hydrogens is 332 g/mol. The predicted octanol–water partition coefficient (Wildman–Crippen LogP) is 4.08. The number of anilines is 1. The predicted molar refractivity (Wildman–Crippen MR) is 92.8 cm³/mol. The molecule has 0 radical (unpaired) electrons. The molecule has 0 aliphatic heterocycles. The molecule has 2 N–H and O–H groups in total. The average Bonchev–Trinajstić information content (AvgIpc) is 2.88. The van der Waals surface area contributed by atoms with Crippen molar-refractivity contribution in [2.24, 2.45) is 5.73 Å². The quantitative estimate of drug-likeness (QED) is 0.848. The summed E-state index contributed by atoms with van der Waals surface area (Å²) in [5.74, 6) is 0. The Morgan fingerprint density at radius 3 is 2.80 bits per heavy atom. The van der Waals surface area contributed by atoms with Crippen LogP contribution in [0.25, 0.3) is 0 Å². The maximum absolute atomic E-state index is 5.96. The highest BCUT2D eigenvalue weighted by atomic mass is 79.9. The third-order valence-corrected chi connectivity index (χ3v) is 4.70. The molecule has 2 nitrogen and oxygen atoms in total. The van der Waals surface area contributed by atoms with Gasteiger partial charge in [0.05, 0.1) is 0 Å². The van der Waals surface area contributed by atoms with E-state index in [-0.39, 0.29) is 6.04 Å². The summed E-state index contributed by atoms with van der Waals surface area (Å²) < 4.78 is 1.11. The molecule has 0 saturated carbocycles. The number of hydrogen-bond acceptors (Lipinski definition) is 3. The third-order valence-electron chi connectivity index (χ3n) is 3.27.